The van der Waals surface area contributed by atoms with Crippen LogP contribution < -0.4 is 10.6 Å². The van der Waals surface area contributed by atoms with Gasteiger partial charge >= 0.3 is 24.1 Å². The quantitative estimate of drug-likeness (QED) is 0.176. The van der Waals surface area contributed by atoms with E-state index in [0.717, 1.165) is 25.7 Å². The molecule has 0 rings (SSSR count). The van der Waals surface area contributed by atoms with Crippen LogP contribution in [0.5, 0.6) is 0 Å². The van der Waals surface area contributed by atoms with Gasteiger partial charge in [-0.1, -0.05) is 26.0 Å². The molecule has 10 nitrogen and oxygen atoms in total. The predicted molar refractivity (Wildman–Crippen MR) is 109 cm³/mol. The van der Waals surface area contributed by atoms with Gasteiger partial charge in [-0.15, -0.1) is 0 Å². The molecule has 0 heterocycles. The molecule has 0 aliphatic rings. The number of alkyl carbamates (subject to hydrolysis) is 2. The zero-order valence-electron chi connectivity index (χ0n) is 17.8. The van der Waals surface area contributed by atoms with Crippen molar-refractivity contribution in [3.05, 3.63) is 24.3 Å². The zero-order chi connectivity index (χ0) is 22.8. The molecule has 0 spiro atoms. The molecule has 10 heteroatoms. The molecule has 0 bridgehead atoms. The Morgan fingerprint density at radius 3 is 1.27 bits per heavy atom. The number of carbonyl (C=O) groups excluding carboxylic acids is 4. The van der Waals surface area contributed by atoms with E-state index in [2.05, 4.69) is 23.8 Å². The molecule has 0 aromatic carbocycles. The number of esters is 2. The fourth-order valence-corrected chi connectivity index (χ4v) is 1.87. The Labute approximate surface area is 176 Å². The maximum atomic E-state index is 11.4. The molecule has 0 saturated heterocycles. The van der Waals surface area contributed by atoms with E-state index in [1.54, 1.807) is 0 Å². The van der Waals surface area contributed by atoms with E-state index in [1.807, 2.05) is 0 Å². The van der Waals surface area contributed by atoms with Gasteiger partial charge in [0.05, 0.1) is 0 Å². The van der Waals surface area contributed by atoms with Crippen molar-refractivity contribution in [2.75, 3.05) is 39.5 Å². The normalized spacial score (nSPS) is 9.80. The first kappa shape index (κ1) is 27.0. The predicted octanol–water partition coefficient (Wildman–Crippen LogP) is 2.24. The first-order valence-corrected chi connectivity index (χ1v) is 9.70. The Bertz CT molecular complexity index is 552. The van der Waals surface area contributed by atoms with Gasteiger partial charge in [-0.25, -0.2) is 19.2 Å². The summed E-state index contributed by atoms with van der Waals surface area (Å²) in [5, 5.41) is 5.19. The summed E-state index contributed by atoms with van der Waals surface area (Å²) in [4.78, 5) is 45.1. The third-order valence-corrected chi connectivity index (χ3v) is 3.44. The molecule has 0 aromatic heterocycles. The van der Waals surface area contributed by atoms with E-state index in [-0.39, 0.29) is 37.6 Å². The Morgan fingerprint density at radius 2 is 0.933 bits per heavy atom. The second kappa shape index (κ2) is 16.9. The molecule has 170 valence electrons. The van der Waals surface area contributed by atoms with E-state index in [4.69, 9.17) is 18.9 Å². The highest BCUT2D eigenvalue weighted by atomic mass is 16.6. The Balaban J connectivity index is 3.44. The largest absolute Gasteiger partial charge is 0.459 e. The van der Waals surface area contributed by atoms with Crippen molar-refractivity contribution in [2.45, 2.75) is 39.5 Å². The van der Waals surface area contributed by atoms with Crippen LogP contribution in [0.3, 0.4) is 0 Å². The van der Waals surface area contributed by atoms with E-state index in [1.165, 1.54) is 13.8 Å². The van der Waals surface area contributed by atoms with Crippen molar-refractivity contribution in [2.24, 2.45) is 0 Å². The molecule has 0 aliphatic heterocycles. The van der Waals surface area contributed by atoms with Gasteiger partial charge in [0.25, 0.3) is 0 Å². The molecule has 0 unspecified atom stereocenters. The first-order valence-electron chi connectivity index (χ1n) is 9.70. The summed E-state index contributed by atoms with van der Waals surface area (Å²) in [5.74, 6) is -1.04. The van der Waals surface area contributed by atoms with Crippen LogP contribution in [0.15, 0.2) is 24.3 Å². The highest BCUT2D eigenvalue weighted by molar-refractivity contribution is 5.87. The second-order valence-corrected chi connectivity index (χ2v) is 6.37. The number of ether oxygens (including phenoxy) is 4. The lowest BCUT2D eigenvalue weighted by Gasteiger charge is -2.08. The minimum atomic E-state index is -0.570. The summed E-state index contributed by atoms with van der Waals surface area (Å²) in [7, 11) is 0. The number of unbranched alkanes of at least 4 members (excludes halogenated alkanes) is 3. The van der Waals surface area contributed by atoms with Crippen molar-refractivity contribution >= 4 is 24.1 Å². The van der Waals surface area contributed by atoms with Crippen LogP contribution in [0, 0.1) is 0 Å². The second-order valence-electron chi connectivity index (χ2n) is 6.37. The average molecular weight is 428 g/mol. The fourth-order valence-electron chi connectivity index (χ4n) is 1.87. The van der Waals surface area contributed by atoms with Crippen molar-refractivity contribution in [1.29, 1.82) is 0 Å². The number of hydrogen-bond acceptors (Lipinski definition) is 8. The van der Waals surface area contributed by atoms with Gasteiger partial charge in [0, 0.05) is 24.2 Å². The van der Waals surface area contributed by atoms with Gasteiger partial charge in [0.2, 0.25) is 0 Å². The van der Waals surface area contributed by atoms with Gasteiger partial charge in [0.15, 0.2) is 0 Å². The van der Waals surface area contributed by atoms with Crippen molar-refractivity contribution in [1.82, 2.24) is 10.6 Å². The molecule has 0 aromatic rings. The molecule has 2 N–H and O–H groups in total. The van der Waals surface area contributed by atoms with Crippen LogP contribution >= 0.6 is 0 Å². The molecule has 0 fully saturated rings. The molecule has 2 amide bonds. The Morgan fingerprint density at radius 1 is 0.600 bits per heavy atom. The molecule has 0 atom stereocenters. The van der Waals surface area contributed by atoms with Gasteiger partial charge < -0.3 is 29.6 Å². The molecular weight excluding hydrogens is 396 g/mol. The number of carbonyl (C=O) groups is 4. The average Bonchev–Trinajstić information content (AvgIpc) is 2.69. The van der Waals surface area contributed by atoms with E-state index >= 15 is 0 Å². The summed E-state index contributed by atoms with van der Waals surface area (Å²) in [5.41, 5.74) is 0.571. The third kappa shape index (κ3) is 16.0. The van der Waals surface area contributed by atoms with E-state index in [9.17, 15) is 19.2 Å². The Kier molecular flexibility index (Phi) is 15.2. The summed E-state index contributed by atoms with van der Waals surface area (Å²) in [6, 6.07) is 0. The number of nitrogens with one attached hydrogen (secondary N) is 2. The van der Waals surface area contributed by atoms with E-state index < -0.39 is 24.1 Å². The lowest BCUT2D eigenvalue weighted by Crippen LogP contribution is -2.27. The van der Waals surface area contributed by atoms with E-state index in [0.29, 0.717) is 13.1 Å². The number of amides is 2. The molecule has 30 heavy (non-hydrogen) atoms. The highest BCUT2D eigenvalue weighted by Crippen LogP contribution is 1.98. The minimum Gasteiger partial charge on any atom is -0.459 e. The van der Waals surface area contributed by atoms with Crippen molar-refractivity contribution < 1.29 is 38.1 Å². The van der Waals surface area contributed by atoms with Gasteiger partial charge in [0.1, 0.15) is 26.4 Å². The first-order chi connectivity index (χ1) is 14.2. The smallest absolute Gasteiger partial charge is 0.407 e. The third-order valence-electron chi connectivity index (χ3n) is 3.44. The lowest BCUT2D eigenvalue weighted by atomic mass is 10.2. The fraction of sp³-hybridized carbons (Fsp3) is 0.600. The maximum absolute atomic E-state index is 11.4. The molecule has 0 radical (unpaired) electrons. The Hall–Kier alpha value is -3.04. The number of rotatable bonds is 15. The maximum Gasteiger partial charge on any atom is 0.407 e. The van der Waals surface area contributed by atoms with Crippen LogP contribution in [-0.2, 0) is 28.5 Å². The SMILES string of the molecule is C=C(C)C(=O)OCCOC(=O)NCCCCCCNC(=O)OCCOC(=O)C(=C)C. The van der Waals surface area contributed by atoms with Gasteiger partial charge in [-0.2, -0.15) is 0 Å². The summed E-state index contributed by atoms with van der Waals surface area (Å²) >= 11 is 0. The summed E-state index contributed by atoms with van der Waals surface area (Å²) in [6.07, 6.45) is 2.12. The van der Waals surface area contributed by atoms with Crippen LogP contribution in [0.2, 0.25) is 0 Å². The molecule has 0 saturated carbocycles. The van der Waals surface area contributed by atoms with Crippen LogP contribution in [0.1, 0.15) is 39.5 Å². The molecule has 0 aliphatic carbocycles. The van der Waals surface area contributed by atoms with Gasteiger partial charge in [-0.05, 0) is 26.7 Å². The van der Waals surface area contributed by atoms with Crippen molar-refractivity contribution in [3.8, 4) is 0 Å². The topological polar surface area (TPSA) is 129 Å². The van der Waals surface area contributed by atoms with Crippen LogP contribution in [0.25, 0.3) is 0 Å². The van der Waals surface area contributed by atoms with Crippen LogP contribution in [-0.4, -0.2) is 63.6 Å². The lowest BCUT2D eigenvalue weighted by molar-refractivity contribution is -0.140. The standard InChI is InChI=1S/C20H32N2O8/c1-15(2)17(23)27-11-13-29-19(25)21-9-7-5-6-8-10-22-20(26)30-14-12-28-18(24)16(3)4/h1,3,5-14H2,2,4H3,(H,21,25)(H,22,26). The van der Waals surface area contributed by atoms with Gasteiger partial charge in [-0.3, -0.25) is 0 Å². The summed E-state index contributed by atoms with van der Waals surface area (Å²) in [6.45, 7) is 10.8. The van der Waals surface area contributed by atoms with Crippen molar-refractivity contribution in [3.63, 3.8) is 0 Å². The van der Waals surface area contributed by atoms with Crippen LogP contribution in [0.4, 0.5) is 9.59 Å². The summed E-state index contributed by atoms with van der Waals surface area (Å²) < 4.78 is 19.3. The minimum absolute atomic E-state index is 0.0197. The molecular formula is C20H32N2O8. The zero-order valence-corrected chi connectivity index (χ0v) is 17.8. The number of hydrogen-bond donors (Lipinski definition) is 2. The monoisotopic (exact) mass is 428 g/mol. The highest BCUT2D eigenvalue weighted by Gasteiger charge is 2.06.